The van der Waals surface area contributed by atoms with Crippen LogP contribution in [-0.2, 0) is 4.79 Å². The van der Waals surface area contributed by atoms with Crippen molar-refractivity contribution in [3.63, 3.8) is 0 Å². The zero-order chi connectivity index (χ0) is 18.6. The second kappa shape index (κ2) is 5.80. The SMILES string of the molecule is N#CC1(C#N)[C@H](/C=C/c2ccccc2)[C@@H]1C(=O)C12CC3CC(CC(C3)C1)C2. The summed E-state index contributed by atoms with van der Waals surface area (Å²) >= 11 is 0. The Morgan fingerprint density at radius 1 is 0.963 bits per heavy atom. The molecule has 3 nitrogen and oxygen atoms in total. The van der Waals surface area contributed by atoms with Crippen LogP contribution in [0.15, 0.2) is 36.4 Å². The molecule has 4 bridgehead atoms. The number of nitrogens with zero attached hydrogens (tertiary/aromatic N) is 2. The topological polar surface area (TPSA) is 64.7 Å². The molecule has 2 atom stereocenters. The van der Waals surface area contributed by atoms with Crippen LogP contribution in [0.2, 0.25) is 0 Å². The molecule has 136 valence electrons. The molecule has 6 rings (SSSR count). The standard InChI is InChI=1S/C24H24N2O/c25-14-24(15-26)20(7-6-16-4-2-1-3-5-16)21(24)22(27)23-11-17-8-18(12-23)10-19(9-17)13-23/h1-7,17-21H,8-13H2/b7-6+/t17?,18?,19?,20-,21-,23?/m1/s1. The van der Waals surface area contributed by atoms with Gasteiger partial charge in [-0.3, -0.25) is 4.79 Å². The van der Waals surface area contributed by atoms with E-state index in [9.17, 15) is 15.3 Å². The number of allylic oxidation sites excluding steroid dienone is 1. The first kappa shape index (κ1) is 16.8. The Morgan fingerprint density at radius 3 is 2.04 bits per heavy atom. The molecule has 0 heterocycles. The van der Waals surface area contributed by atoms with Crippen molar-refractivity contribution in [2.24, 2.45) is 40.4 Å². The first-order chi connectivity index (χ1) is 13.1. The van der Waals surface area contributed by atoms with Crippen LogP contribution in [-0.4, -0.2) is 5.78 Å². The highest BCUT2D eigenvalue weighted by molar-refractivity contribution is 5.93. The molecule has 0 saturated heterocycles. The summed E-state index contributed by atoms with van der Waals surface area (Å²) in [7, 11) is 0. The van der Waals surface area contributed by atoms with Crippen LogP contribution in [0.1, 0.15) is 44.1 Å². The van der Waals surface area contributed by atoms with Crippen LogP contribution in [0.25, 0.3) is 6.08 Å². The average molecular weight is 356 g/mol. The van der Waals surface area contributed by atoms with Crippen LogP contribution >= 0.6 is 0 Å². The number of hydrogen-bond donors (Lipinski definition) is 0. The van der Waals surface area contributed by atoms with Crippen LogP contribution in [0.5, 0.6) is 0 Å². The van der Waals surface area contributed by atoms with Crippen molar-refractivity contribution in [3.05, 3.63) is 42.0 Å². The van der Waals surface area contributed by atoms with E-state index in [1.807, 2.05) is 42.5 Å². The molecule has 27 heavy (non-hydrogen) atoms. The Morgan fingerprint density at radius 2 is 1.52 bits per heavy atom. The van der Waals surface area contributed by atoms with E-state index in [0.29, 0.717) is 17.8 Å². The van der Waals surface area contributed by atoms with Gasteiger partial charge in [-0.25, -0.2) is 0 Å². The van der Waals surface area contributed by atoms with Gasteiger partial charge in [-0.15, -0.1) is 0 Å². The third-order valence-electron chi connectivity index (χ3n) is 7.78. The number of ketones is 1. The van der Waals surface area contributed by atoms with Gasteiger partial charge >= 0.3 is 0 Å². The summed E-state index contributed by atoms with van der Waals surface area (Å²) in [6.07, 6.45) is 10.7. The lowest BCUT2D eigenvalue weighted by Crippen LogP contribution is -2.50. The Hall–Kier alpha value is -2.39. The molecule has 5 aliphatic rings. The van der Waals surface area contributed by atoms with Crippen molar-refractivity contribution in [3.8, 4) is 12.1 Å². The van der Waals surface area contributed by atoms with Gasteiger partial charge < -0.3 is 0 Å². The fraction of sp³-hybridized carbons (Fsp3) is 0.542. The normalized spacial score (nSPS) is 40.4. The number of nitriles is 2. The minimum Gasteiger partial charge on any atom is -0.299 e. The zero-order valence-corrected chi connectivity index (χ0v) is 15.5. The summed E-state index contributed by atoms with van der Waals surface area (Å²) in [6, 6.07) is 14.3. The molecule has 5 fully saturated rings. The molecular weight excluding hydrogens is 332 g/mol. The molecule has 0 spiro atoms. The van der Waals surface area contributed by atoms with Gasteiger partial charge in [0.05, 0.1) is 18.1 Å². The first-order valence-electron chi connectivity index (χ1n) is 10.2. The third kappa shape index (κ3) is 2.41. The highest BCUT2D eigenvalue weighted by Crippen LogP contribution is 2.67. The van der Waals surface area contributed by atoms with E-state index in [0.717, 1.165) is 24.8 Å². The molecule has 0 amide bonds. The number of carbonyl (C=O) groups excluding carboxylic acids is 1. The number of hydrogen-bond acceptors (Lipinski definition) is 3. The van der Waals surface area contributed by atoms with Gasteiger partial charge in [0, 0.05) is 11.3 Å². The Labute approximate surface area is 160 Å². The maximum atomic E-state index is 13.7. The lowest BCUT2D eigenvalue weighted by Gasteiger charge is -2.56. The number of carbonyl (C=O) groups is 1. The molecule has 5 saturated carbocycles. The van der Waals surface area contributed by atoms with Crippen LogP contribution in [0, 0.1) is 63.1 Å². The summed E-state index contributed by atoms with van der Waals surface area (Å²) in [5.74, 6) is 1.59. The van der Waals surface area contributed by atoms with Gasteiger partial charge in [0.25, 0.3) is 0 Å². The largest absolute Gasteiger partial charge is 0.299 e. The van der Waals surface area contributed by atoms with E-state index in [-0.39, 0.29) is 17.1 Å². The van der Waals surface area contributed by atoms with Crippen molar-refractivity contribution in [1.82, 2.24) is 0 Å². The third-order valence-corrected chi connectivity index (χ3v) is 7.78. The fourth-order valence-electron chi connectivity index (χ4n) is 6.88. The van der Waals surface area contributed by atoms with Gasteiger partial charge in [-0.2, -0.15) is 10.5 Å². The van der Waals surface area contributed by atoms with Gasteiger partial charge in [-0.1, -0.05) is 42.5 Å². The number of Topliss-reactive ketones (excluding diaryl/α,β-unsaturated/α-hetero) is 1. The van der Waals surface area contributed by atoms with Crippen molar-refractivity contribution < 1.29 is 4.79 Å². The zero-order valence-electron chi connectivity index (χ0n) is 15.5. The van der Waals surface area contributed by atoms with Gasteiger partial charge in [-0.05, 0) is 61.8 Å². The Bertz CT molecular complexity index is 836. The van der Waals surface area contributed by atoms with Crippen molar-refractivity contribution >= 4 is 11.9 Å². The molecule has 5 aliphatic carbocycles. The summed E-state index contributed by atoms with van der Waals surface area (Å²) in [6.45, 7) is 0. The smallest absolute Gasteiger partial charge is 0.161 e. The van der Waals surface area contributed by atoms with Gasteiger partial charge in [0.2, 0.25) is 0 Å². The van der Waals surface area contributed by atoms with Crippen LogP contribution < -0.4 is 0 Å². The second-order valence-electron chi connectivity index (χ2n) is 9.43. The highest BCUT2D eigenvalue weighted by Gasteiger charge is 2.72. The minimum atomic E-state index is -1.16. The number of benzene rings is 1. The monoisotopic (exact) mass is 356 g/mol. The average Bonchev–Trinajstić information content (AvgIpc) is 3.33. The van der Waals surface area contributed by atoms with E-state index in [1.165, 1.54) is 19.3 Å². The van der Waals surface area contributed by atoms with Crippen molar-refractivity contribution in [2.75, 3.05) is 0 Å². The van der Waals surface area contributed by atoms with Crippen molar-refractivity contribution in [1.29, 1.82) is 10.5 Å². The van der Waals surface area contributed by atoms with E-state index in [2.05, 4.69) is 12.1 Å². The summed E-state index contributed by atoms with van der Waals surface area (Å²) < 4.78 is 0. The molecule has 3 heteroatoms. The van der Waals surface area contributed by atoms with Crippen LogP contribution in [0.3, 0.4) is 0 Å². The molecular formula is C24H24N2O. The summed E-state index contributed by atoms with van der Waals surface area (Å²) in [5.41, 5.74) is -0.366. The molecule has 0 radical (unpaired) electrons. The predicted octanol–water partition coefficient (Wildman–Crippen LogP) is 4.76. The fourth-order valence-corrected chi connectivity index (χ4v) is 6.88. The molecule has 1 aromatic rings. The lowest BCUT2D eigenvalue weighted by atomic mass is 9.48. The number of rotatable bonds is 4. The maximum absolute atomic E-state index is 13.7. The van der Waals surface area contributed by atoms with Gasteiger partial charge in [0.15, 0.2) is 5.41 Å². The van der Waals surface area contributed by atoms with Crippen LogP contribution in [0.4, 0.5) is 0 Å². The summed E-state index contributed by atoms with van der Waals surface area (Å²) in [4.78, 5) is 13.7. The van der Waals surface area contributed by atoms with E-state index < -0.39 is 11.3 Å². The maximum Gasteiger partial charge on any atom is 0.161 e. The van der Waals surface area contributed by atoms with E-state index in [4.69, 9.17) is 0 Å². The second-order valence-corrected chi connectivity index (χ2v) is 9.43. The summed E-state index contributed by atoms with van der Waals surface area (Å²) in [5, 5.41) is 19.5. The van der Waals surface area contributed by atoms with Crippen molar-refractivity contribution in [2.45, 2.75) is 38.5 Å². The quantitative estimate of drug-likeness (QED) is 0.781. The molecule has 0 N–H and O–H groups in total. The minimum absolute atomic E-state index is 0.229. The molecule has 0 unspecified atom stereocenters. The van der Waals surface area contributed by atoms with E-state index >= 15 is 0 Å². The molecule has 0 aromatic heterocycles. The molecule has 1 aromatic carbocycles. The van der Waals surface area contributed by atoms with E-state index in [1.54, 1.807) is 0 Å². The van der Waals surface area contributed by atoms with Gasteiger partial charge in [0.1, 0.15) is 5.78 Å². The lowest BCUT2D eigenvalue weighted by molar-refractivity contribution is -0.145. The predicted molar refractivity (Wildman–Crippen MR) is 102 cm³/mol. The first-order valence-corrected chi connectivity index (χ1v) is 10.2. The highest BCUT2D eigenvalue weighted by atomic mass is 16.1. The molecule has 0 aliphatic heterocycles. The Kier molecular flexibility index (Phi) is 3.60. The Balaban J connectivity index is 1.43.